The Morgan fingerprint density at radius 2 is 1.82 bits per heavy atom. The SMILES string of the molecule is Cc1nccc(/C=C/C(=O)N2CCC(Nc3nc(OCC45CCCN4CCC5)nc4c(F)c(-c5cccc6cccc(Cl)c56)ncc34)CC2)n1. The lowest BCUT2D eigenvalue weighted by molar-refractivity contribution is -0.126. The Morgan fingerprint density at radius 1 is 1.04 bits per heavy atom. The van der Waals surface area contributed by atoms with E-state index in [-0.39, 0.29) is 34.7 Å². The molecule has 2 aromatic carbocycles. The molecular weight excluding hydrogens is 655 g/mol. The number of hydrogen-bond acceptors (Lipinski definition) is 9. The summed E-state index contributed by atoms with van der Waals surface area (Å²) in [5.74, 6) is 0.496. The zero-order chi connectivity index (χ0) is 34.2. The summed E-state index contributed by atoms with van der Waals surface area (Å²) in [5, 5.41) is 6.16. The number of fused-ring (bicyclic) bond motifs is 3. The first kappa shape index (κ1) is 32.5. The first-order valence-electron chi connectivity index (χ1n) is 17.3. The van der Waals surface area contributed by atoms with Crippen LogP contribution in [0.1, 0.15) is 50.0 Å². The predicted octanol–water partition coefficient (Wildman–Crippen LogP) is 6.86. The molecular formula is C38H38ClFN8O2. The Balaban J connectivity index is 1.08. The summed E-state index contributed by atoms with van der Waals surface area (Å²) in [6.07, 6.45) is 12.4. The minimum Gasteiger partial charge on any atom is -0.461 e. The van der Waals surface area contributed by atoms with Crippen molar-refractivity contribution in [2.45, 2.75) is 57.0 Å². The van der Waals surface area contributed by atoms with Crippen LogP contribution in [-0.4, -0.2) is 85.0 Å². The Morgan fingerprint density at radius 3 is 2.60 bits per heavy atom. The summed E-state index contributed by atoms with van der Waals surface area (Å²) < 4.78 is 23.1. The van der Waals surface area contributed by atoms with Gasteiger partial charge in [-0.1, -0.05) is 41.9 Å². The molecule has 0 saturated carbocycles. The number of benzene rings is 2. The van der Waals surface area contributed by atoms with Crippen LogP contribution in [0.3, 0.4) is 0 Å². The van der Waals surface area contributed by atoms with Gasteiger partial charge in [-0.3, -0.25) is 14.7 Å². The summed E-state index contributed by atoms with van der Waals surface area (Å²) in [7, 11) is 0. The second-order valence-electron chi connectivity index (χ2n) is 13.5. The summed E-state index contributed by atoms with van der Waals surface area (Å²) in [6.45, 7) is 5.54. The van der Waals surface area contributed by atoms with Crippen LogP contribution >= 0.6 is 11.6 Å². The number of pyridine rings is 1. The van der Waals surface area contributed by atoms with Crippen molar-refractivity contribution in [3.05, 3.63) is 83.3 Å². The van der Waals surface area contributed by atoms with Gasteiger partial charge in [-0.2, -0.15) is 9.97 Å². The van der Waals surface area contributed by atoms with Gasteiger partial charge in [0.15, 0.2) is 5.82 Å². The number of likely N-dealkylation sites (tertiary alicyclic amines) is 1. The highest BCUT2D eigenvalue weighted by Gasteiger charge is 2.45. The fraction of sp³-hybridized carbons (Fsp3) is 0.368. The minimum absolute atomic E-state index is 0.00291. The number of halogens is 2. The Hall–Kier alpha value is -4.74. The zero-order valence-electron chi connectivity index (χ0n) is 27.9. The van der Waals surface area contributed by atoms with E-state index in [9.17, 15) is 4.79 Å². The summed E-state index contributed by atoms with van der Waals surface area (Å²) in [5.41, 5.74) is 1.57. The summed E-state index contributed by atoms with van der Waals surface area (Å²) >= 11 is 6.63. The average molecular weight is 693 g/mol. The Labute approximate surface area is 294 Å². The van der Waals surface area contributed by atoms with E-state index >= 15 is 4.39 Å². The van der Waals surface area contributed by atoms with Crippen LogP contribution in [-0.2, 0) is 4.79 Å². The molecule has 8 rings (SSSR count). The second kappa shape index (κ2) is 13.5. The van der Waals surface area contributed by atoms with Crippen LogP contribution in [0.15, 0.2) is 60.9 Å². The van der Waals surface area contributed by atoms with Crippen LogP contribution in [0.25, 0.3) is 39.0 Å². The number of amides is 1. The van der Waals surface area contributed by atoms with Gasteiger partial charge in [-0.25, -0.2) is 14.4 Å². The maximum atomic E-state index is 16.7. The van der Waals surface area contributed by atoms with Gasteiger partial charge in [-0.15, -0.1) is 0 Å². The molecule has 10 nitrogen and oxygen atoms in total. The first-order chi connectivity index (χ1) is 24.4. The summed E-state index contributed by atoms with van der Waals surface area (Å²) in [4.78, 5) is 39.8. The van der Waals surface area contributed by atoms with E-state index in [0.29, 0.717) is 65.8 Å². The van der Waals surface area contributed by atoms with Gasteiger partial charge in [0.05, 0.1) is 16.6 Å². The molecule has 0 unspecified atom stereocenters. The number of rotatable bonds is 8. The predicted molar refractivity (Wildman–Crippen MR) is 193 cm³/mol. The number of carbonyl (C=O) groups excluding carboxylic acids is 1. The number of anilines is 1. The molecule has 0 spiro atoms. The van der Waals surface area contributed by atoms with Crippen molar-refractivity contribution in [2.75, 3.05) is 38.1 Å². The summed E-state index contributed by atoms with van der Waals surface area (Å²) in [6, 6.07) is 13.2. The molecule has 3 saturated heterocycles. The number of carbonyl (C=O) groups is 1. The maximum absolute atomic E-state index is 16.7. The number of piperidine rings is 1. The van der Waals surface area contributed by atoms with E-state index in [1.54, 1.807) is 36.7 Å². The lowest BCUT2D eigenvalue weighted by Gasteiger charge is -2.32. The molecule has 12 heteroatoms. The van der Waals surface area contributed by atoms with Crippen LogP contribution in [0.2, 0.25) is 5.02 Å². The molecule has 0 radical (unpaired) electrons. The molecule has 3 aliphatic heterocycles. The molecule has 5 aromatic rings. The number of nitrogens with zero attached hydrogens (tertiary/aromatic N) is 7. The second-order valence-corrected chi connectivity index (χ2v) is 13.9. The Bertz CT molecular complexity index is 2100. The van der Waals surface area contributed by atoms with Crippen molar-refractivity contribution < 1.29 is 13.9 Å². The molecule has 0 bridgehead atoms. The van der Waals surface area contributed by atoms with Crippen LogP contribution in [0.4, 0.5) is 10.2 Å². The lowest BCUT2D eigenvalue weighted by atomic mass is 9.95. The van der Waals surface area contributed by atoms with Crippen molar-refractivity contribution in [3.63, 3.8) is 0 Å². The minimum atomic E-state index is -0.558. The van der Waals surface area contributed by atoms with Crippen LogP contribution in [0.5, 0.6) is 6.01 Å². The van der Waals surface area contributed by atoms with Gasteiger partial charge in [-0.05, 0) is 82.1 Å². The highest BCUT2D eigenvalue weighted by molar-refractivity contribution is 6.36. The molecule has 256 valence electrons. The van der Waals surface area contributed by atoms with E-state index in [2.05, 4.69) is 30.2 Å². The molecule has 1 N–H and O–H groups in total. The maximum Gasteiger partial charge on any atom is 0.319 e. The monoisotopic (exact) mass is 692 g/mol. The van der Waals surface area contributed by atoms with Crippen LogP contribution in [0, 0.1) is 12.7 Å². The van der Waals surface area contributed by atoms with Crippen molar-refractivity contribution in [3.8, 4) is 17.3 Å². The quantitative estimate of drug-likeness (QED) is 0.175. The number of nitrogens with one attached hydrogen (secondary N) is 1. The Kier molecular flexibility index (Phi) is 8.78. The van der Waals surface area contributed by atoms with E-state index < -0.39 is 5.82 Å². The zero-order valence-corrected chi connectivity index (χ0v) is 28.7. The lowest BCUT2D eigenvalue weighted by Crippen LogP contribution is -2.43. The molecule has 3 fully saturated rings. The molecule has 1 amide bonds. The third kappa shape index (κ3) is 6.24. The van der Waals surface area contributed by atoms with Crippen molar-refractivity contribution in [1.29, 1.82) is 0 Å². The number of aryl methyl sites for hydroxylation is 1. The van der Waals surface area contributed by atoms with Gasteiger partial charge in [0.25, 0.3) is 0 Å². The molecule has 3 aromatic heterocycles. The van der Waals surface area contributed by atoms with Crippen molar-refractivity contribution >= 4 is 51.1 Å². The van der Waals surface area contributed by atoms with Gasteiger partial charge < -0.3 is 15.0 Å². The molecule has 0 atom stereocenters. The molecule has 3 aliphatic rings. The molecule has 6 heterocycles. The van der Waals surface area contributed by atoms with Crippen LogP contribution < -0.4 is 10.1 Å². The van der Waals surface area contributed by atoms with Gasteiger partial charge >= 0.3 is 6.01 Å². The number of ether oxygens (including phenoxy) is 1. The van der Waals surface area contributed by atoms with Gasteiger partial charge in [0.1, 0.15) is 29.5 Å². The van der Waals surface area contributed by atoms with Gasteiger partial charge in [0.2, 0.25) is 5.91 Å². The fourth-order valence-electron chi connectivity index (χ4n) is 7.82. The topological polar surface area (TPSA) is 109 Å². The third-order valence-electron chi connectivity index (χ3n) is 10.4. The smallest absolute Gasteiger partial charge is 0.319 e. The highest BCUT2D eigenvalue weighted by atomic mass is 35.5. The number of aromatic nitrogens is 5. The first-order valence-corrected chi connectivity index (χ1v) is 17.7. The molecule has 50 heavy (non-hydrogen) atoms. The average Bonchev–Trinajstić information content (AvgIpc) is 3.71. The number of hydrogen-bond donors (Lipinski definition) is 1. The standard InChI is InChI=1S/C38H38ClFN8O2/c1-24-41-17-12-26(43-24)10-11-31(49)47-20-13-27(14-21-47)44-36-29-22-42-34(28-8-2-6-25-7-3-9-30(39)32(25)28)33(40)35(29)45-37(46-36)50-23-38-15-4-18-48(38)19-5-16-38/h2-3,6-12,17,22,27H,4-5,13-16,18-21,23H2,1H3,(H,44,45,46)/b11-10+. The third-order valence-corrected chi connectivity index (χ3v) is 10.7. The van der Waals surface area contributed by atoms with E-state index in [0.717, 1.165) is 49.5 Å². The highest BCUT2D eigenvalue weighted by Crippen LogP contribution is 2.40. The largest absolute Gasteiger partial charge is 0.461 e. The van der Waals surface area contributed by atoms with E-state index in [1.807, 2.05) is 42.2 Å². The van der Waals surface area contributed by atoms with Gasteiger partial charge in [0, 0.05) is 53.6 Å². The fourth-order valence-corrected chi connectivity index (χ4v) is 8.10. The normalized spacial score (nSPS) is 17.9. The molecule has 0 aliphatic carbocycles. The van der Waals surface area contributed by atoms with E-state index in [1.165, 1.54) is 0 Å². The van der Waals surface area contributed by atoms with E-state index in [4.69, 9.17) is 21.3 Å². The van der Waals surface area contributed by atoms with Crippen molar-refractivity contribution in [1.82, 2.24) is 34.7 Å². The van der Waals surface area contributed by atoms with Crippen molar-refractivity contribution in [2.24, 2.45) is 0 Å².